The maximum Gasteiger partial charge on any atom is 0.145 e. The van der Waals surface area contributed by atoms with Crippen molar-refractivity contribution in [2.75, 3.05) is 0 Å². The molecule has 0 unspecified atom stereocenters. The van der Waals surface area contributed by atoms with Crippen LogP contribution in [-0.2, 0) is 0 Å². The lowest BCUT2D eigenvalue weighted by atomic mass is 10.0. The van der Waals surface area contributed by atoms with Crippen molar-refractivity contribution in [1.82, 2.24) is 9.38 Å². The quantitative estimate of drug-likeness (QED) is 0.294. The van der Waals surface area contributed by atoms with E-state index in [1.807, 2.05) is 0 Å². The van der Waals surface area contributed by atoms with E-state index in [-0.39, 0.29) is 0 Å². The summed E-state index contributed by atoms with van der Waals surface area (Å²) in [6, 6.07) is 19.4. The second kappa shape index (κ2) is 3.28. The van der Waals surface area contributed by atoms with Crippen LogP contribution in [0, 0.1) is 6.92 Å². The maximum absolute atomic E-state index is 4.81. The molecule has 0 spiro atoms. The van der Waals surface area contributed by atoms with Crippen LogP contribution < -0.4 is 0 Å². The Balaban J connectivity index is 2.33. The highest BCUT2D eigenvalue weighted by molar-refractivity contribution is 6.17. The summed E-state index contributed by atoms with van der Waals surface area (Å²) in [6.45, 7) is 2.08. The largest absolute Gasteiger partial charge is 0.291 e. The van der Waals surface area contributed by atoms with E-state index < -0.39 is 0 Å². The summed E-state index contributed by atoms with van der Waals surface area (Å²) in [7, 11) is 0. The van der Waals surface area contributed by atoms with Gasteiger partial charge in [-0.05, 0) is 23.8 Å². The van der Waals surface area contributed by atoms with E-state index in [2.05, 4.69) is 65.9 Å². The third kappa shape index (κ3) is 1.04. The molecule has 20 heavy (non-hydrogen) atoms. The van der Waals surface area contributed by atoms with Crippen LogP contribution in [0.15, 0.2) is 54.6 Å². The molecule has 0 aliphatic heterocycles. The third-order valence-electron chi connectivity index (χ3n) is 4.27. The number of para-hydroxylation sites is 1. The molecule has 0 radical (unpaired) electrons. The summed E-state index contributed by atoms with van der Waals surface area (Å²) in [5.74, 6) is 0. The van der Waals surface area contributed by atoms with Crippen LogP contribution in [0.3, 0.4) is 0 Å². The number of nitrogens with zero attached hydrogens (tertiary/aromatic N) is 2. The number of hydrogen-bond donors (Lipinski definition) is 0. The molecule has 2 nitrogen and oxygen atoms in total. The number of aryl methyl sites for hydroxylation is 1. The summed E-state index contributed by atoms with van der Waals surface area (Å²) in [5, 5.41) is 5.07. The summed E-state index contributed by atoms with van der Waals surface area (Å²) < 4.78 is 2.31. The highest BCUT2D eigenvalue weighted by Gasteiger charge is 2.15. The molecule has 0 saturated carbocycles. The fourth-order valence-electron chi connectivity index (χ4n) is 3.39. The molecule has 2 heteroatoms. The van der Waals surface area contributed by atoms with Crippen LogP contribution in [0.4, 0.5) is 0 Å². The smallest absolute Gasteiger partial charge is 0.145 e. The van der Waals surface area contributed by atoms with Crippen molar-refractivity contribution in [3.05, 3.63) is 60.3 Å². The molecule has 0 amide bonds. The van der Waals surface area contributed by atoms with E-state index in [4.69, 9.17) is 4.98 Å². The van der Waals surface area contributed by atoms with E-state index in [0.717, 1.165) is 11.3 Å². The molecule has 0 aliphatic rings. The van der Waals surface area contributed by atoms with Crippen molar-refractivity contribution >= 4 is 38.2 Å². The van der Waals surface area contributed by atoms with Gasteiger partial charge in [-0.25, -0.2) is 4.98 Å². The molecule has 0 bridgehead atoms. The number of benzene rings is 2. The summed E-state index contributed by atoms with van der Waals surface area (Å²) >= 11 is 0. The van der Waals surface area contributed by atoms with Crippen molar-refractivity contribution in [3.8, 4) is 0 Å². The normalized spacial score (nSPS) is 12.2. The second-order valence-electron chi connectivity index (χ2n) is 5.36. The molecule has 0 N–H and O–H groups in total. The molecule has 94 valence electrons. The Kier molecular flexibility index (Phi) is 1.68. The van der Waals surface area contributed by atoms with Crippen LogP contribution in [0.5, 0.6) is 0 Å². The number of aromatic nitrogens is 2. The van der Waals surface area contributed by atoms with Gasteiger partial charge in [-0.3, -0.25) is 4.40 Å². The van der Waals surface area contributed by atoms with Gasteiger partial charge in [0, 0.05) is 10.8 Å². The van der Waals surface area contributed by atoms with Gasteiger partial charge in [-0.15, -0.1) is 0 Å². The number of pyridine rings is 2. The highest BCUT2D eigenvalue weighted by Crippen LogP contribution is 2.34. The molecule has 0 saturated heterocycles. The first kappa shape index (κ1) is 10.2. The van der Waals surface area contributed by atoms with E-state index in [0.29, 0.717) is 0 Å². The standard InChI is InChI=1S/C18H12N2/c1-11-16-10-9-12-5-4-8-14-13-6-2-3-7-15(13)18(19-11)20(16)17(12)14/h2-10H,1H3. The van der Waals surface area contributed by atoms with Crippen molar-refractivity contribution < 1.29 is 0 Å². The minimum atomic E-state index is 1.07. The topological polar surface area (TPSA) is 17.3 Å². The zero-order valence-corrected chi connectivity index (χ0v) is 11.1. The SMILES string of the molecule is Cc1nc2c3ccccc3c3cccc4ccc1n2c43. The van der Waals surface area contributed by atoms with Gasteiger partial charge in [0.2, 0.25) is 0 Å². The zero-order valence-electron chi connectivity index (χ0n) is 11.1. The fraction of sp³-hybridized carbons (Fsp3) is 0.0556. The number of rotatable bonds is 0. The molecule has 3 aromatic heterocycles. The van der Waals surface area contributed by atoms with Crippen molar-refractivity contribution in [2.24, 2.45) is 0 Å². The average Bonchev–Trinajstić information content (AvgIpc) is 2.84. The Morgan fingerprint density at radius 1 is 0.800 bits per heavy atom. The molecule has 0 atom stereocenters. The Morgan fingerprint density at radius 3 is 2.50 bits per heavy atom. The minimum absolute atomic E-state index is 1.07. The Labute approximate surface area is 115 Å². The number of hydrogen-bond acceptors (Lipinski definition) is 1. The predicted molar refractivity (Wildman–Crippen MR) is 83.6 cm³/mol. The summed E-state index contributed by atoms with van der Waals surface area (Å²) in [6.07, 6.45) is 0. The van der Waals surface area contributed by atoms with E-state index in [1.165, 1.54) is 32.6 Å². The number of imidazole rings is 1. The second-order valence-corrected chi connectivity index (χ2v) is 5.36. The van der Waals surface area contributed by atoms with E-state index in [1.54, 1.807) is 0 Å². The number of fused-ring (bicyclic) bond motifs is 3. The summed E-state index contributed by atoms with van der Waals surface area (Å²) in [4.78, 5) is 4.81. The Morgan fingerprint density at radius 2 is 1.60 bits per heavy atom. The predicted octanol–water partition coefficient (Wildman–Crippen LogP) is 4.54. The van der Waals surface area contributed by atoms with Crippen LogP contribution in [-0.4, -0.2) is 9.38 Å². The summed E-state index contributed by atoms with van der Waals surface area (Å²) in [5.41, 5.74) is 4.64. The van der Waals surface area contributed by atoms with Crippen LogP contribution in [0.2, 0.25) is 0 Å². The molecular formula is C18H12N2. The lowest BCUT2D eigenvalue weighted by molar-refractivity contribution is 1.30. The van der Waals surface area contributed by atoms with E-state index >= 15 is 0 Å². The molecule has 5 rings (SSSR count). The monoisotopic (exact) mass is 256 g/mol. The van der Waals surface area contributed by atoms with Crippen molar-refractivity contribution in [3.63, 3.8) is 0 Å². The molecular weight excluding hydrogens is 244 g/mol. The van der Waals surface area contributed by atoms with Crippen LogP contribution >= 0.6 is 0 Å². The van der Waals surface area contributed by atoms with Gasteiger partial charge in [0.25, 0.3) is 0 Å². The molecule has 2 aromatic carbocycles. The first-order chi connectivity index (χ1) is 9.84. The highest BCUT2D eigenvalue weighted by atomic mass is 15.0. The van der Waals surface area contributed by atoms with Gasteiger partial charge in [0.15, 0.2) is 0 Å². The van der Waals surface area contributed by atoms with Gasteiger partial charge >= 0.3 is 0 Å². The fourth-order valence-corrected chi connectivity index (χ4v) is 3.39. The first-order valence-corrected chi connectivity index (χ1v) is 6.85. The molecule has 5 aromatic rings. The molecule has 0 fully saturated rings. The van der Waals surface area contributed by atoms with Crippen LogP contribution in [0.25, 0.3) is 38.2 Å². The van der Waals surface area contributed by atoms with Gasteiger partial charge in [-0.2, -0.15) is 0 Å². The Hall–Kier alpha value is -2.61. The lowest BCUT2D eigenvalue weighted by Gasteiger charge is -2.11. The van der Waals surface area contributed by atoms with Crippen molar-refractivity contribution in [2.45, 2.75) is 6.92 Å². The molecule has 3 heterocycles. The maximum atomic E-state index is 4.81. The van der Waals surface area contributed by atoms with Gasteiger partial charge < -0.3 is 0 Å². The van der Waals surface area contributed by atoms with Gasteiger partial charge in [0.05, 0.1) is 16.7 Å². The zero-order chi connectivity index (χ0) is 13.3. The molecule has 0 aliphatic carbocycles. The van der Waals surface area contributed by atoms with Gasteiger partial charge in [-0.1, -0.05) is 48.5 Å². The van der Waals surface area contributed by atoms with Crippen LogP contribution in [0.1, 0.15) is 5.69 Å². The lowest BCUT2D eigenvalue weighted by Crippen LogP contribution is -1.93. The average molecular weight is 256 g/mol. The minimum Gasteiger partial charge on any atom is -0.291 e. The Bertz CT molecular complexity index is 1100. The van der Waals surface area contributed by atoms with E-state index in [9.17, 15) is 0 Å². The van der Waals surface area contributed by atoms with Crippen molar-refractivity contribution in [1.29, 1.82) is 0 Å². The first-order valence-electron chi connectivity index (χ1n) is 6.85. The van der Waals surface area contributed by atoms with Gasteiger partial charge in [0.1, 0.15) is 5.65 Å². The third-order valence-corrected chi connectivity index (χ3v) is 4.27.